The molecule has 1 atom stereocenters. The van der Waals surface area contributed by atoms with Crippen LogP contribution in [0.25, 0.3) is 0 Å². The highest BCUT2D eigenvalue weighted by Gasteiger charge is 2.46. The number of rotatable bonds is 9. The van der Waals surface area contributed by atoms with Crippen LogP contribution in [0.5, 0.6) is 11.5 Å². The van der Waals surface area contributed by atoms with Gasteiger partial charge in [0.15, 0.2) is 0 Å². The van der Waals surface area contributed by atoms with Gasteiger partial charge < -0.3 is 14.6 Å². The van der Waals surface area contributed by atoms with Gasteiger partial charge in [0, 0.05) is 11.5 Å². The van der Waals surface area contributed by atoms with Crippen LogP contribution in [0.4, 0.5) is 4.39 Å². The summed E-state index contributed by atoms with van der Waals surface area (Å²) in [5.41, 5.74) is -0.467. The SMILES string of the molecule is CCCCCC(O)(c1cccc(F)c1)C(C)(C)c1cc(OC)cc(OC)c1. The molecule has 0 radical (unpaired) electrons. The maximum Gasteiger partial charge on any atom is 0.123 e. The lowest BCUT2D eigenvalue weighted by Crippen LogP contribution is -2.45. The normalized spacial score (nSPS) is 13.9. The van der Waals surface area contributed by atoms with Crippen molar-refractivity contribution in [2.75, 3.05) is 14.2 Å². The molecule has 0 saturated carbocycles. The maximum absolute atomic E-state index is 14.0. The Labute approximate surface area is 162 Å². The number of aliphatic hydroxyl groups is 1. The first-order chi connectivity index (χ1) is 12.8. The maximum atomic E-state index is 14.0. The third-order valence-electron chi connectivity index (χ3n) is 5.55. The lowest BCUT2D eigenvalue weighted by molar-refractivity contribution is -0.0420. The smallest absolute Gasteiger partial charge is 0.123 e. The monoisotopic (exact) mass is 374 g/mol. The molecule has 148 valence electrons. The number of ether oxygens (including phenoxy) is 2. The van der Waals surface area contributed by atoms with Crippen LogP contribution in [0, 0.1) is 5.82 Å². The lowest BCUT2D eigenvalue weighted by atomic mass is 9.64. The Hall–Kier alpha value is -2.07. The number of halogens is 1. The molecule has 0 bridgehead atoms. The summed E-state index contributed by atoms with van der Waals surface area (Å²) in [7, 11) is 3.21. The van der Waals surface area contributed by atoms with E-state index >= 15 is 0 Å². The highest BCUT2D eigenvalue weighted by molar-refractivity contribution is 5.44. The quantitative estimate of drug-likeness (QED) is 0.582. The lowest BCUT2D eigenvalue weighted by Gasteiger charge is -2.44. The topological polar surface area (TPSA) is 38.7 Å². The van der Waals surface area contributed by atoms with Gasteiger partial charge in [-0.3, -0.25) is 0 Å². The van der Waals surface area contributed by atoms with E-state index in [1.807, 2.05) is 26.0 Å². The van der Waals surface area contributed by atoms with Gasteiger partial charge in [0.05, 0.1) is 19.8 Å². The van der Waals surface area contributed by atoms with Gasteiger partial charge in [-0.1, -0.05) is 52.2 Å². The first-order valence-electron chi connectivity index (χ1n) is 9.50. The number of hydrogen-bond donors (Lipinski definition) is 1. The Balaban J connectivity index is 2.59. The molecule has 27 heavy (non-hydrogen) atoms. The minimum atomic E-state index is -1.23. The fourth-order valence-electron chi connectivity index (χ4n) is 3.60. The van der Waals surface area contributed by atoms with Crippen LogP contribution in [-0.4, -0.2) is 19.3 Å². The van der Waals surface area contributed by atoms with Crippen LogP contribution in [0.15, 0.2) is 42.5 Å². The third kappa shape index (κ3) is 4.44. The molecule has 0 aliphatic rings. The second-order valence-electron chi connectivity index (χ2n) is 7.55. The van der Waals surface area contributed by atoms with Crippen molar-refractivity contribution in [3.05, 3.63) is 59.4 Å². The van der Waals surface area contributed by atoms with Crippen molar-refractivity contribution in [2.45, 2.75) is 57.5 Å². The molecule has 2 aromatic rings. The molecule has 0 spiro atoms. The third-order valence-corrected chi connectivity index (χ3v) is 5.55. The zero-order valence-electron chi connectivity index (χ0n) is 17.0. The average molecular weight is 374 g/mol. The minimum Gasteiger partial charge on any atom is -0.497 e. The van der Waals surface area contributed by atoms with Gasteiger partial charge in [-0.25, -0.2) is 4.39 Å². The fraction of sp³-hybridized carbons (Fsp3) is 0.478. The van der Waals surface area contributed by atoms with Gasteiger partial charge in [0.2, 0.25) is 0 Å². The van der Waals surface area contributed by atoms with Crippen molar-refractivity contribution in [1.29, 1.82) is 0 Å². The Morgan fingerprint density at radius 2 is 1.56 bits per heavy atom. The summed E-state index contributed by atoms with van der Waals surface area (Å²) in [4.78, 5) is 0. The van der Waals surface area contributed by atoms with Gasteiger partial charge >= 0.3 is 0 Å². The second-order valence-corrected chi connectivity index (χ2v) is 7.55. The molecule has 1 unspecified atom stereocenters. The van der Waals surface area contributed by atoms with Gasteiger partial charge in [0.25, 0.3) is 0 Å². The standard InChI is InChI=1S/C23H31FO3/c1-6-7-8-12-23(25,17-10-9-11-19(24)13-17)22(2,3)18-14-20(26-4)16-21(15-18)27-5/h9-11,13-16,25H,6-8,12H2,1-5H3. The Morgan fingerprint density at radius 3 is 2.07 bits per heavy atom. The first-order valence-corrected chi connectivity index (χ1v) is 9.50. The van der Waals surface area contributed by atoms with Gasteiger partial charge in [0.1, 0.15) is 17.3 Å². The van der Waals surface area contributed by atoms with Crippen LogP contribution in [0.2, 0.25) is 0 Å². The fourth-order valence-corrected chi connectivity index (χ4v) is 3.60. The average Bonchev–Trinajstić information content (AvgIpc) is 2.67. The van der Waals surface area contributed by atoms with E-state index in [0.29, 0.717) is 23.5 Å². The van der Waals surface area contributed by atoms with E-state index in [4.69, 9.17) is 9.47 Å². The molecule has 1 N–H and O–H groups in total. The molecule has 0 amide bonds. The Morgan fingerprint density at radius 1 is 0.926 bits per heavy atom. The molecule has 0 aliphatic carbocycles. The summed E-state index contributed by atoms with van der Waals surface area (Å²) in [6.07, 6.45) is 3.45. The van der Waals surface area contributed by atoms with Crippen LogP contribution in [0.3, 0.4) is 0 Å². The van der Waals surface area contributed by atoms with Crippen molar-refractivity contribution in [1.82, 2.24) is 0 Å². The number of unbranched alkanes of at least 4 members (excludes halogenated alkanes) is 2. The van der Waals surface area contributed by atoms with Crippen molar-refractivity contribution < 1.29 is 19.0 Å². The molecule has 4 heteroatoms. The van der Waals surface area contributed by atoms with E-state index in [1.54, 1.807) is 32.4 Å². The van der Waals surface area contributed by atoms with E-state index < -0.39 is 11.0 Å². The van der Waals surface area contributed by atoms with E-state index in [-0.39, 0.29) is 5.82 Å². The molecule has 0 heterocycles. The van der Waals surface area contributed by atoms with Crippen molar-refractivity contribution in [3.8, 4) is 11.5 Å². The molecule has 0 saturated heterocycles. The highest BCUT2D eigenvalue weighted by atomic mass is 19.1. The molecule has 0 aromatic heterocycles. The van der Waals surface area contributed by atoms with Gasteiger partial charge in [-0.2, -0.15) is 0 Å². The van der Waals surface area contributed by atoms with Crippen molar-refractivity contribution in [3.63, 3.8) is 0 Å². The molecular weight excluding hydrogens is 343 g/mol. The van der Waals surface area contributed by atoms with Crippen LogP contribution in [0.1, 0.15) is 57.6 Å². The molecule has 3 nitrogen and oxygen atoms in total. The molecular formula is C23H31FO3. The number of hydrogen-bond acceptors (Lipinski definition) is 3. The minimum absolute atomic E-state index is 0.347. The Bertz CT molecular complexity index is 735. The van der Waals surface area contributed by atoms with E-state index in [1.165, 1.54) is 12.1 Å². The summed E-state index contributed by atoms with van der Waals surface area (Å²) < 4.78 is 24.8. The summed E-state index contributed by atoms with van der Waals surface area (Å²) in [6.45, 7) is 6.09. The molecule has 2 aromatic carbocycles. The predicted octanol–water partition coefficient (Wildman–Crippen LogP) is 5.59. The van der Waals surface area contributed by atoms with Crippen molar-refractivity contribution >= 4 is 0 Å². The predicted molar refractivity (Wildman–Crippen MR) is 107 cm³/mol. The number of methoxy groups -OCH3 is 2. The summed E-state index contributed by atoms with van der Waals surface area (Å²) in [5, 5.41) is 11.9. The zero-order valence-corrected chi connectivity index (χ0v) is 17.0. The van der Waals surface area contributed by atoms with Crippen molar-refractivity contribution in [2.24, 2.45) is 0 Å². The molecule has 0 fully saturated rings. The number of benzene rings is 2. The van der Waals surface area contributed by atoms with Crippen LogP contribution >= 0.6 is 0 Å². The summed E-state index contributed by atoms with van der Waals surface area (Å²) in [6, 6.07) is 11.9. The zero-order chi connectivity index (χ0) is 20.1. The summed E-state index contributed by atoms with van der Waals surface area (Å²) in [5.74, 6) is 0.973. The van der Waals surface area contributed by atoms with E-state index in [9.17, 15) is 9.50 Å². The van der Waals surface area contributed by atoms with E-state index in [2.05, 4.69) is 6.92 Å². The molecule has 0 aliphatic heterocycles. The summed E-state index contributed by atoms with van der Waals surface area (Å²) >= 11 is 0. The highest BCUT2D eigenvalue weighted by Crippen LogP contribution is 2.47. The van der Waals surface area contributed by atoms with Gasteiger partial charge in [-0.05, 0) is 41.8 Å². The largest absolute Gasteiger partial charge is 0.497 e. The second kappa shape index (κ2) is 8.75. The van der Waals surface area contributed by atoms with E-state index in [0.717, 1.165) is 24.8 Å². The van der Waals surface area contributed by atoms with Crippen LogP contribution < -0.4 is 9.47 Å². The Kier molecular flexibility index (Phi) is 6.88. The van der Waals surface area contributed by atoms with Gasteiger partial charge in [-0.15, -0.1) is 0 Å². The van der Waals surface area contributed by atoms with Crippen LogP contribution in [-0.2, 0) is 11.0 Å². The molecule has 2 rings (SSSR count). The first kappa shape index (κ1) is 21.2.